The average Bonchev–Trinajstić information content (AvgIpc) is 2.78. The van der Waals surface area contributed by atoms with E-state index in [4.69, 9.17) is 0 Å². The van der Waals surface area contributed by atoms with Gasteiger partial charge in [0.25, 0.3) is 0 Å². The zero-order valence-electron chi connectivity index (χ0n) is 16.9. The molecule has 0 saturated heterocycles. The van der Waals surface area contributed by atoms with E-state index in [2.05, 4.69) is 15.6 Å². The van der Waals surface area contributed by atoms with Gasteiger partial charge in [0, 0.05) is 24.6 Å². The number of carbonyl (C=O) groups is 1. The van der Waals surface area contributed by atoms with Crippen molar-refractivity contribution in [3.05, 3.63) is 94.7 Å². The molecule has 1 heterocycles. The normalized spacial score (nSPS) is 12.9. The minimum absolute atomic E-state index is 0.283. The summed E-state index contributed by atoms with van der Waals surface area (Å²) in [5.41, 5.74) is 2.22. The van der Waals surface area contributed by atoms with Crippen LogP contribution in [0.5, 0.6) is 0 Å². The van der Waals surface area contributed by atoms with E-state index < -0.39 is 17.8 Å². The Hall–Kier alpha value is -3.29. The molecule has 7 nitrogen and oxygen atoms in total. The van der Waals surface area contributed by atoms with E-state index >= 15 is 0 Å². The quantitative estimate of drug-likeness (QED) is 0.474. The third kappa shape index (κ3) is 5.85. The first-order valence-corrected chi connectivity index (χ1v) is 9.91. The van der Waals surface area contributed by atoms with E-state index in [0.717, 1.165) is 24.1 Å². The van der Waals surface area contributed by atoms with Crippen LogP contribution in [-0.4, -0.2) is 33.7 Å². The molecular formula is C23H26N4O3. The first-order valence-electron chi connectivity index (χ1n) is 9.91. The number of aliphatic hydroxyl groups excluding tert-OH is 1. The van der Waals surface area contributed by atoms with Gasteiger partial charge in [0.1, 0.15) is 6.04 Å². The van der Waals surface area contributed by atoms with Gasteiger partial charge in [0.15, 0.2) is 0 Å². The lowest BCUT2D eigenvalue weighted by Crippen LogP contribution is -2.32. The number of aliphatic hydroxyl groups is 1. The Kier molecular flexibility index (Phi) is 7.48. The van der Waals surface area contributed by atoms with Crippen LogP contribution in [0.2, 0.25) is 0 Å². The molecule has 7 heteroatoms. The van der Waals surface area contributed by atoms with Gasteiger partial charge in [-0.1, -0.05) is 42.5 Å². The SMILES string of the molecule is CC(C(=O)Nc1ccc(CCNC[C@H](O)c2ccccc2)cc1)n1cccnc1=O. The number of nitrogens with zero attached hydrogens (tertiary/aromatic N) is 2. The molecule has 3 N–H and O–H groups in total. The van der Waals surface area contributed by atoms with Crippen LogP contribution in [0.25, 0.3) is 0 Å². The maximum Gasteiger partial charge on any atom is 0.348 e. The van der Waals surface area contributed by atoms with E-state index in [0.29, 0.717) is 12.2 Å². The van der Waals surface area contributed by atoms with Gasteiger partial charge in [-0.25, -0.2) is 9.78 Å². The summed E-state index contributed by atoms with van der Waals surface area (Å²) >= 11 is 0. The Morgan fingerprint density at radius 3 is 2.53 bits per heavy atom. The van der Waals surface area contributed by atoms with E-state index in [1.165, 1.54) is 10.8 Å². The molecule has 2 atom stereocenters. The van der Waals surface area contributed by atoms with Crippen molar-refractivity contribution in [1.82, 2.24) is 14.9 Å². The first kappa shape index (κ1) is 21.4. The van der Waals surface area contributed by atoms with Crippen LogP contribution in [0.1, 0.15) is 30.2 Å². The molecule has 3 rings (SSSR count). The molecule has 0 aliphatic carbocycles. The molecule has 1 aromatic heterocycles. The van der Waals surface area contributed by atoms with Crippen molar-refractivity contribution < 1.29 is 9.90 Å². The second-order valence-corrected chi connectivity index (χ2v) is 7.05. The minimum Gasteiger partial charge on any atom is -0.387 e. The number of aromatic nitrogens is 2. The van der Waals surface area contributed by atoms with Crippen molar-refractivity contribution in [2.24, 2.45) is 0 Å². The molecule has 1 unspecified atom stereocenters. The molecule has 0 saturated carbocycles. The maximum atomic E-state index is 12.4. The summed E-state index contributed by atoms with van der Waals surface area (Å²) in [6.07, 6.45) is 3.22. The molecule has 0 radical (unpaired) electrons. The van der Waals surface area contributed by atoms with Crippen LogP contribution in [-0.2, 0) is 11.2 Å². The van der Waals surface area contributed by atoms with Crippen molar-refractivity contribution >= 4 is 11.6 Å². The van der Waals surface area contributed by atoms with Crippen LogP contribution < -0.4 is 16.3 Å². The highest BCUT2D eigenvalue weighted by Gasteiger charge is 2.16. The highest BCUT2D eigenvalue weighted by atomic mass is 16.3. The predicted molar refractivity (Wildman–Crippen MR) is 116 cm³/mol. The van der Waals surface area contributed by atoms with E-state index in [1.54, 1.807) is 19.2 Å². The monoisotopic (exact) mass is 406 g/mol. The number of hydrogen-bond donors (Lipinski definition) is 3. The summed E-state index contributed by atoms with van der Waals surface area (Å²) in [5, 5.41) is 16.2. The van der Waals surface area contributed by atoms with E-state index in [9.17, 15) is 14.7 Å². The molecule has 0 aliphatic heterocycles. The van der Waals surface area contributed by atoms with Gasteiger partial charge in [-0.15, -0.1) is 0 Å². The van der Waals surface area contributed by atoms with Crippen LogP contribution >= 0.6 is 0 Å². The minimum atomic E-state index is -0.661. The summed E-state index contributed by atoms with van der Waals surface area (Å²) in [6.45, 7) is 2.88. The van der Waals surface area contributed by atoms with Gasteiger partial charge in [0.2, 0.25) is 5.91 Å². The molecule has 3 aromatic rings. The Bertz CT molecular complexity index is 1000. The highest BCUT2D eigenvalue weighted by molar-refractivity contribution is 5.93. The lowest BCUT2D eigenvalue weighted by atomic mass is 10.1. The lowest BCUT2D eigenvalue weighted by molar-refractivity contribution is -0.118. The number of rotatable bonds is 9. The van der Waals surface area contributed by atoms with Gasteiger partial charge in [-0.2, -0.15) is 0 Å². The van der Waals surface area contributed by atoms with Gasteiger partial charge < -0.3 is 15.7 Å². The van der Waals surface area contributed by atoms with Crippen molar-refractivity contribution in [3.8, 4) is 0 Å². The molecule has 2 aromatic carbocycles. The second-order valence-electron chi connectivity index (χ2n) is 7.05. The van der Waals surface area contributed by atoms with Gasteiger partial charge >= 0.3 is 5.69 Å². The van der Waals surface area contributed by atoms with Gasteiger partial charge in [-0.05, 0) is 49.2 Å². The molecule has 0 fully saturated rings. The number of hydrogen-bond acceptors (Lipinski definition) is 5. The number of benzene rings is 2. The van der Waals surface area contributed by atoms with Crippen molar-refractivity contribution in [2.75, 3.05) is 18.4 Å². The topological polar surface area (TPSA) is 96.2 Å². The number of nitrogens with one attached hydrogen (secondary N) is 2. The molecular weight excluding hydrogens is 380 g/mol. The van der Waals surface area contributed by atoms with Crippen molar-refractivity contribution in [2.45, 2.75) is 25.5 Å². The van der Waals surface area contributed by atoms with Crippen LogP contribution in [0.4, 0.5) is 5.69 Å². The zero-order chi connectivity index (χ0) is 21.3. The summed E-state index contributed by atoms with van der Waals surface area (Å²) in [4.78, 5) is 27.8. The number of amides is 1. The third-order valence-electron chi connectivity index (χ3n) is 4.87. The maximum absolute atomic E-state index is 12.4. The highest BCUT2D eigenvalue weighted by Crippen LogP contribution is 2.13. The third-order valence-corrected chi connectivity index (χ3v) is 4.87. The van der Waals surface area contributed by atoms with Crippen molar-refractivity contribution in [3.63, 3.8) is 0 Å². The summed E-state index contributed by atoms with van der Waals surface area (Å²) in [6, 6.07) is 18.1. The predicted octanol–water partition coefficient (Wildman–Crippen LogP) is 2.31. The fourth-order valence-corrected chi connectivity index (χ4v) is 3.06. The Morgan fingerprint density at radius 1 is 1.10 bits per heavy atom. The largest absolute Gasteiger partial charge is 0.387 e. The van der Waals surface area contributed by atoms with Crippen LogP contribution in [0.15, 0.2) is 77.9 Å². The molecule has 30 heavy (non-hydrogen) atoms. The van der Waals surface area contributed by atoms with Gasteiger partial charge in [-0.3, -0.25) is 9.36 Å². The van der Waals surface area contributed by atoms with Crippen LogP contribution in [0, 0.1) is 0 Å². The molecule has 0 aliphatic rings. The lowest BCUT2D eigenvalue weighted by Gasteiger charge is -2.14. The number of carbonyl (C=O) groups excluding carboxylic acids is 1. The summed E-state index contributed by atoms with van der Waals surface area (Å²) < 4.78 is 1.29. The molecule has 0 spiro atoms. The second kappa shape index (κ2) is 10.5. The molecule has 1 amide bonds. The van der Waals surface area contributed by atoms with E-state index in [1.807, 2.05) is 54.6 Å². The molecule has 156 valence electrons. The molecule has 0 bridgehead atoms. The van der Waals surface area contributed by atoms with Gasteiger partial charge in [0.05, 0.1) is 6.10 Å². The fourth-order valence-electron chi connectivity index (χ4n) is 3.06. The fraction of sp³-hybridized carbons (Fsp3) is 0.261. The van der Waals surface area contributed by atoms with E-state index in [-0.39, 0.29) is 5.91 Å². The zero-order valence-corrected chi connectivity index (χ0v) is 16.9. The summed E-state index contributed by atoms with van der Waals surface area (Å²) in [7, 11) is 0. The average molecular weight is 406 g/mol. The van der Waals surface area contributed by atoms with Crippen LogP contribution in [0.3, 0.4) is 0 Å². The Morgan fingerprint density at radius 2 is 1.83 bits per heavy atom. The standard InChI is InChI=1S/C23H26N4O3/c1-17(27-15-5-13-25-23(27)30)22(29)26-20-10-8-18(9-11-20)12-14-24-16-21(28)19-6-3-2-4-7-19/h2-11,13,15,17,21,24,28H,12,14,16H2,1H3,(H,26,29)/t17?,21-/m0/s1. The number of anilines is 1. The van der Waals surface area contributed by atoms with Crippen molar-refractivity contribution in [1.29, 1.82) is 0 Å². The summed E-state index contributed by atoms with van der Waals surface area (Å²) in [5.74, 6) is -0.283. The Labute approximate surface area is 175 Å². The first-order chi connectivity index (χ1) is 14.5. The Balaban J connectivity index is 1.45. The smallest absolute Gasteiger partial charge is 0.348 e.